The predicted octanol–water partition coefficient (Wildman–Crippen LogP) is 2.82. The number of hydrogen-bond acceptors (Lipinski definition) is 3. The van der Waals surface area contributed by atoms with Gasteiger partial charge < -0.3 is 10.6 Å². The summed E-state index contributed by atoms with van der Waals surface area (Å²) in [6, 6.07) is 6.89. The molecule has 0 aliphatic heterocycles. The molecule has 7 heteroatoms. The van der Waals surface area contributed by atoms with E-state index in [0.717, 1.165) is 11.1 Å². The molecule has 0 aromatic heterocycles. The van der Waals surface area contributed by atoms with Gasteiger partial charge in [0.2, 0.25) is 10.0 Å². The molecule has 5 nitrogen and oxygen atoms in total. The fourth-order valence-electron chi connectivity index (χ4n) is 2.20. The fraction of sp³-hybridized carbons (Fsp3) is 0.471. The number of rotatable bonds is 8. The Hall–Kier alpha value is -1.44. The van der Waals surface area contributed by atoms with Crippen molar-refractivity contribution in [2.75, 3.05) is 19.6 Å². The second-order valence-corrected chi connectivity index (χ2v) is 8.01. The molecule has 0 saturated carbocycles. The zero-order valence-electron chi connectivity index (χ0n) is 14.8. The molecular weight excluding hydrogens is 342 g/mol. The summed E-state index contributed by atoms with van der Waals surface area (Å²) in [6.07, 6.45) is 0. The maximum absolute atomic E-state index is 12.5. The van der Waals surface area contributed by atoms with Crippen molar-refractivity contribution in [3.63, 3.8) is 0 Å². The molecule has 134 valence electrons. The van der Waals surface area contributed by atoms with E-state index < -0.39 is 10.0 Å². The van der Waals surface area contributed by atoms with Crippen molar-refractivity contribution in [3.8, 4) is 0 Å². The van der Waals surface area contributed by atoms with Crippen LogP contribution in [0, 0.1) is 0 Å². The number of nitrogens with zero attached hydrogens (tertiary/aromatic N) is 1. The molecule has 2 N–H and O–H groups in total. The average Bonchev–Trinajstić information content (AvgIpc) is 2.54. The van der Waals surface area contributed by atoms with E-state index >= 15 is 0 Å². The molecule has 0 aliphatic rings. The molecule has 1 atom stereocenters. The maximum atomic E-state index is 12.5. The van der Waals surface area contributed by atoms with Gasteiger partial charge in [0.05, 0.1) is 10.9 Å². The van der Waals surface area contributed by atoms with Crippen LogP contribution in [0.1, 0.15) is 39.3 Å². The molecule has 1 aromatic carbocycles. The van der Waals surface area contributed by atoms with Gasteiger partial charge in [0.25, 0.3) is 0 Å². The molecule has 0 fully saturated rings. The molecule has 24 heavy (non-hydrogen) atoms. The number of hydrogen-bond donors (Lipinski definition) is 2. The van der Waals surface area contributed by atoms with E-state index in [4.69, 9.17) is 12.2 Å². The highest BCUT2D eigenvalue weighted by atomic mass is 32.2. The Morgan fingerprint density at radius 1 is 1.25 bits per heavy atom. The number of thiocarbonyl (C=S) groups is 1. The third-order valence-electron chi connectivity index (χ3n) is 3.62. The summed E-state index contributed by atoms with van der Waals surface area (Å²) in [5.74, 6) is 0. The first-order valence-corrected chi connectivity index (χ1v) is 9.86. The van der Waals surface area contributed by atoms with Gasteiger partial charge in [-0.2, -0.15) is 4.31 Å². The monoisotopic (exact) mass is 369 g/mol. The first-order chi connectivity index (χ1) is 11.2. The van der Waals surface area contributed by atoms with Crippen LogP contribution >= 0.6 is 12.2 Å². The van der Waals surface area contributed by atoms with Gasteiger partial charge in [0, 0.05) is 19.6 Å². The Morgan fingerprint density at radius 3 is 2.25 bits per heavy atom. The predicted molar refractivity (Wildman–Crippen MR) is 104 cm³/mol. The van der Waals surface area contributed by atoms with Gasteiger partial charge in [0.15, 0.2) is 5.11 Å². The molecular formula is C17H27N3O2S2. The van der Waals surface area contributed by atoms with E-state index in [9.17, 15) is 8.42 Å². The van der Waals surface area contributed by atoms with Crippen LogP contribution in [0.5, 0.6) is 0 Å². The normalized spacial score (nSPS) is 12.7. The second-order valence-electron chi connectivity index (χ2n) is 5.66. The summed E-state index contributed by atoms with van der Waals surface area (Å²) in [5, 5.41) is 6.79. The molecule has 0 unspecified atom stereocenters. The molecule has 0 heterocycles. The fourth-order valence-corrected chi connectivity index (χ4v) is 3.91. The number of nitrogens with one attached hydrogen (secondary N) is 2. The quantitative estimate of drug-likeness (QED) is 0.545. The Kier molecular flexibility index (Phi) is 7.86. The molecule has 1 aromatic rings. The molecule has 0 spiro atoms. The van der Waals surface area contributed by atoms with E-state index in [1.54, 1.807) is 12.1 Å². The van der Waals surface area contributed by atoms with Gasteiger partial charge in [0.1, 0.15) is 0 Å². The Bertz CT molecular complexity index is 666. The highest BCUT2D eigenvalue weighted by Crippen LogP contribution is 2.19. The van der Waals surface area contributed by atoms with Crippen molar-refractivity contribution in [2.24, 2.45) is 0 Å². The van der Waals surface area contributed by atoms with Crippen molar-refractivity contribution in [1.82, 2.24) is 14.9 Å². The second kappa shape index (κ2) is 9.15. The highest BCUT2D eigenvalue weighted by molar-refractivity contribution is 7.89. The largest absolute Gasteiger partial charge is 0.359 e. The van der Waals surface area contributed by atoms with Crippen LogP contribution in [0.15, 0.2) is 41.3 Å². The lowest BCUT2D eigenvalue weighted by Crippen LogP contribution is -2.37. The minimum absolute atomic E-state index is 0.0275. The van der Waals surface area contributed by atoms with E-state index in [0.29, 0.717) is 29.6 Å². The van der Waals surface area contributed by atoms with Crippen molar-refractivity contribution in [1.29, 1.82) is 0 Å². The third kappa shape index (κ3) is 5.58. The molecule has 0 aliphatic carbocycles. The highest BCUT2D eigenvalue weighted by Gasteiger charge is 2.21. The van der Waals surface area contributed by atoms with Gasteiger partial charge >= 0.3 is 0 Å². The topological polar surface area (TPSA) is 61.4 Å². The first-order valence-electron chi connectivity index (χ1n) is 8.01. The average molecular weight is 370 g/mol. The lowest BCUT2D eigenvalue weighted by Gasteiger charge is -2.20. The molecule has 0 radical (unpaired) electrons. The maximum Gasteiger partial charge on any atom is 0.243 e. The van der Waals surface area contributed by atoms with Crippen LogP contribution in [-0.4, -0.2) is 37.5 Å². The Labute approximate surface area is 151 Å². The Balaban J connectivity index is 2.80. The summed E-state index contributed by atoms with van der Waals surface area (Å²) >= 11 is 5.23. The van der Waals surface area contributed by atoms with Gasteiger partial charge in [-0.05, 0) is 43.8 Å². The number of sulfonamides is 1. The van der Waals surface area contributed by atoms with Crippen LogP contribution in [0.25, 0.3) is 0 Å². The van der Waals surface area contributed by atoms with Crippen LogP contribution in [0.2, 0.25) is 0 Å². The minimum atomic E-state index is -3.42. The van der Waals surface area contributed by atoms with Crippen molar-refractivity contribution < 1.29 is 8.42 Å². The van der Waals surface area contributed by atoms with Crippen molar-refractivity contribution in [2.45, 2.75) is 38.6 Å². The molecule has 0 amide bonds. The van der Waals surface area contributed by atoms with Gasteiger partial charge in [-0.25, -0.2) is 8.42 Å². The number of benzene rings is 1. The standard InChI is InChI=1S/C17H27N3O2S2/c1-6-20(7-2)24(21,22)16-10-8-15(9-11-16)14(5)19-17(23)18-12-13(3)4/h8-11,14H,3,6-7,12H2,1-2,4-5H3,(H2,18,19,23)/t14-/m0/s1. The molecule has 1 rings (SSSR count). The molecule has 0 saturated heterocycles. The summed E-state index contributed by atoms with van der Waals surface area (Å²) < 4.78 is 26.4. The van der Waals surface area contributed by atoms with Crippen LogP contribution in [0.3, 0.4) is 0 Å². The zero-order valence-corrected chi connectivity index (χ0v) is 16.4. The van der Waals surface area contributed by atoms with Gasteiger partial charge in [-0.15, -0.1) is 0 Å². The SMILES string of the molecule is C=C(C)CNC(=S)N[C@@H](C)c1ccc(S(=O)(=O)N(CC)CC)cc1. The molecule has 0 bridgehead atoms. The summed E-state index contributed by atoms with van der Waals surface area (Å²) in [5.41, 5.74) is 1.96. The summed E-state index contributed by atoms with van der Waals surface area (Å²) in [6.45, 7) is 12.9. The van der Waals surface area contributed by atoms with E-state index in [1.807, 2.05) is 39.8 Å². The van der Waals surface area contributed by atoms with Crippen LogP contribution in [0.4, 0.5) is 0 Å². The summed E-state index contributed by atoms with van der Waals surface area (Å²) in [7, 11) is -3.42. The minimum Gasteiger partial charge on any atom is -0.359 e. The van der Waals surface area contributed by atoms with Crippen molar-refractivity contribution >= 4 is 27.4 Å². The Morgan fingerprint density at radius 2 is 1.79 bits per heavy atom. The van der Waals surface area contributed by atoms with Gasteiger partial charge in [-0.3, -0.25) is 0 Å². The lowest BCUT2D eigenvalue weighted by molar-refractivity contribution is 0.445. The summed E-state index contributed by atoms with van der Waals surface area (Å²) in [4.78, 5) is 0.310. The van der Waals surface area contributed by atoms with Crippen LogP contribution in [-0.2, 0) is 10.0 Å². The van der Waals surface area contributed by atoms with E-state index in [2.05, 4.69) is 17.2 Å². The zero-order chi connectivity index (χ0) is 18.3. The first kappa shape index (κ1) is 20.6. The van der Waals surface area contributed by atoms with Gasteiger partial charge in [-0.1, -0.05) is 38.1 Å². The van der Waals surface area contributed by atoms with Crippen molar-refractivity contribution in [3.05, 3.63) is 42.0 Å². The van der Waals surface area contributed by atoms with E-state index in [-0.39, 0.29) is 6.04 Å². The smallest absolute Gasteiger partial charge is 0.243 e. The third-order valence-corrected chi connectivity index (χ3v) is 5.95. The van der Waals surface area contributed by atoms with Crippen LogP contribution < -0.4 is 10.6 Å². The van der Waals surface area contributed by atoms with E-state index in [1.165, 1.54) is 4.31 Å². The lowest BCUT2D eigenvalue weighted by atomic mass is 10.1.